The molecule has 0 bridgehead atoms. The Balaban J connectivity index is 1.97. The Kier molecular flexibility index (Phi) is 3.49. The molecular weight excluding hydrogens is 264 g/mol. The fraction of sp³-hybridized carbons (Fsp3) is 0. The van der Waals surface area contributed by atoms with Crippen LogP contribution in [0.1, 0.15) is 10.4 Å². The highest BCUT2D eigenvalue weighted by Gasteiger charge is 2.11. The summed E-state index contributed by atoms with van der Waals surface area (Å²) in [5, 5.41) is 4.82. The van der Waals surface area contributed by atoms with Crippen LogP contribution in [0.5, 0.6) is 0 Å². The van der Waals surface area contributed by atoms with Crippen LogP contribution in [0.2, 0.25) is 0 Å². The van der Waals surface area contributed by atoms with Gasteiger partial charge in [0.05, 0.1) is 16.9 Å². The normalized spacial score (nSPS) is 10.3. The average Bonchev–Trinajstić information content (AvgIpc) is 2.55. The minimum absolute atomic E-state index is 0.222. The van der Waals surface area contributed by atoms with Crippen LogP contribution >= 0.6 is 0 Å². The maximum Gasteiger partial charge on any atom is 0.257 e. The summed E-state index contributed by atoms with van der Waals surface area (Å²) in [6, 6.07) is 14.7. The summed E-state index contributed by atoms with van der Waals surface area (Å²) < 4.78 is 0. The van der Waals surface area contributed by atoms with E-state index >= 15 is 0 Å². The largest absolute Gasteiger partial charge is 0.323 e. The number of hydrazine groups is 1. The number of nitrogens with zero attached hydrogens (tertiary/aromatic N) is 1. The van der Waals surface area contributed by atoms with Crippen molar-refractivity contribution in [1.82, 2.24) is 4.98 Å². The molecule has 0 aliphatic carbocycles. The number of hydrogen-bond acceptors (Lipinski definition) is 4. The molecule has 1 amide bonds. The van der Waals surface area contributed by atoms with Crippen molar-refractivity contribution in [2.45, 2.75) is 0 Å². The molecule has 0 unspecified atom stereocenters. The first-order valence-electron chi connectivity index (χ1n) is 6.49. The number of nitrogen functional groups attached to an aromatic ring is 1. The molecule has 21 heavy (non-hydrogen) atoms. The molecule has 3 aromatic rings. The molecule has 1 aromatic heterocycles. The lowest BCUT2D eigenvalue weighted by molar-refractivity contribution is 0.102. The Morgan fingerprint density at radius 1 is 1.00 bits per heavy atom. The SMILES string of the molecule is NNc1ccccc1C(=O)Nc1cccc2ccncc12. The van der Waals surface area contributed by atoms with E-state index in [0.29, 0.717) is 11.3 Å². The molecule has 1 heterocycles. The van der Waals surface area contributed by atoms with Gasteiger partial charge in [0.2, 0.25) is 0 Å². The van der Waals surface area contributed by atoms with Crippen LogP contribution in [0.4, 0.5) is 11.4 Å². The highest BCUT2D eigenvalue weighted by atomic mass is 16.1. The van der Waals surface area contributed by atoms with Gasteiger partial charge in [0.25, 0.3) is 5.91 Å². The second-order valence-electron chi connectivity index (χ2n) is 4.55. The number of nitrogens with two attached hydrogens (primary N) is 1. The molecule has 0 saturated heterocycles. The van der Waals surface area contributed by atoms with Gasteiger partial charge in [-0.15, -0.1) is 0 Å². The highest BCUT2D eigenvalue weighted by molar-refractivity contribution is 6.11. The summed E-state index contributed by atoms with van der Waals surface area (Å²) in [6.07, 6.45) is 3.46. The lowest BCUT2D eigenvalue weighted by Crippen LogP contribution is -2.17. The molecule has 4 N–H and O–H groups in total. The first kappa shape index (κ1) is 13.1. The molecular formula is C16H14N4O. The van der Waals surface area contributed by atoms with E-state index in [1.165, 1.54) is 0 Å². The summed E-state index contributed by atoms with van der Waals surface area (Å²) in [5.74, 6) is 5.21. The number of anilines is 2. The molecule has 0 atom stereocenters. The summed E-state index contributed by atoms with van der Waals surface area (Å²) in [4.78, 5) is 16.5. The third-order valence-corrected chi connectivity index (χ3v) is 3.26. The minimum atomic E-state index is -0.222. The van der Waals surface area contributed by atoms with E-state index in [0.717, 1.165) is 16.5 Å². The molecule has 0 spiro atoms. The van der Waals surface area contributed by atoms with Crippen LogP contribution in [0, 0.1) is 0 Å². The maximum absolute atomic E-state index is 12.4. The Morgan fingerprint density at radius 2 is 1.81 bits per heavy atom. The van der Waals surface area contributed by atoms with E-state index in [1.807, 2.05) is 30.3 Å². The Hall–Kier alpha value is -2.92. The van der Waals surface area contributed by atoms with E-state index in [2.05, 4.69) is 15.7 Å². The van der Waals surface area contributed by atoms with Gasteiger partial charge in [-0.05, 0) is 29.7 Å². The van der Waals surface area contributed by atoms with Crippen molar-refractivity contribution < 1.29 is 4.79 Å². The van der Waals surface area contributed by atoms with Gasteiger partial charge >= 0.3 is 0 Å². The van der Waals surface area contributed by atoms with Crippen molar-refractivity contribution in [3.8, 4) is 0 Å². The van der Waals surface area contributed by atoms with Gasteiger partial charge in [-0.2, -0.15) is 0 Å². The van der Waals surface area contributed by atoms with Gasteiger partial charge in [-0.25, -0.2) is 0 Å². The fourth-order valence-electron chi connectivity index (χ4n) is 2.22. The Labute approximate surface area is 121 Å². The number of aromatic nitrogens is 1. The maximum atomic E-state index is 12.4. The van der Waals surface area contributed by atoms with E-state index in [4.69, 9.17) is 5.84 Å². The van der Waals surface area contributed by atoms with Gasteiger partial charge in [0.1, 0.15) is 0 Å². The molecule has 3 rings (SSSR count). The summed E-state index contributed by atoms with van der Waals surface area (Å²) in [7, 11) is 0. The number of pyridine rings is 1. The predicted molar refractivity (Wildman–Crippen MR) is 83.9 cm³/mol. The number of nitrogens with one attached hydrogen (secondary N) is 2. The number of para-hydroxylation sites is 1. The van der Waals surface area contributed by atoms with E-state index in [1.54, 1.807) is 30.6 Å². The number of carbonyl (C=O) groups is 1. The summed E-state index contributed by atoms with van der Waals surface area (Å²) >= 11 is 0. The molecule has 5 nitrogen and oxygen atoms in total. The van der Waals surface area contributed by atoms with Gasteiger partial charge in [-0.3, -0.25) is 15.6 Å². The topological polar surface area (TPSA) is 80.0 Å². The van der Waals surface area contributed by atoms with E-state index < -0.39 is 0 Å². The third-order valence-electron chi connectivity index (χ3n) is 3.26. The van der Waals surface area contributed by atoms with Crippen LogP contribution in [0.15, 0.2) is 60.9 Å². The van der Waals surface area contributed by atoms with Gasteiger partial charge in [-0.1, -0.05) is 24.3 Å². The quantitative estimate of drug-likeness (QED) is 0.508. The number of carbonyl (C=O) groups excluding carboxylic acids is 1. The number of benzene rings is 2. The lowest BCUT2D eigenvalue weighted by Gasteiger charge is -2.11. The molecule has 2 aromatic carbocycles. The molecule has 0 aliphatic rings. The molecule has 5 heteroatoms. The smallest absolute Gasteiger partial charge is 0.257 e. The van der Waals surface area contributed by atoms with Crippen molar-refractivity contribution in [3.63, 3.8) is 0 Å². The number of rotatable bonds is 3. The zero-order valence-electron chi connectivity index (χ0n) is 11.2. The second kappa shape index (κ2) is 5.60. The molecule has 0 aliphatic heterocycles. The number of amides is 1. The van der Waals surface area contributed by atoms with E-state index in [9.17, 15) is 4.79 Å². The summed E-state index contributed by atoms with van der Waals surface area (Å²) in [6.45, 7) is 0. The van der Waals surface area contributed by atoms with E-state index in [-0.39, 0.29) is 5.91 Å². The van der Waals surface area contributed by atoms with Crippen molar-refractivity contribution in [2.75, 3.05) is 10.7 Å². The fourth-order valence-corrected chi connectivity index (χ4v) is 2.22. The Bertz CT molecular complexity index is 796. The monoisotopic (exact) mass is 278 g/mol. The van der Waals surface area contributed by atoms with Crippen molar-refractivity contribution >= 4 is 28.1 Å². The minimum Gasteiger partial charge on any atom is -0.323 e. The molecule has 0 saturated carbocycles. The van der Waals surface area contributed by atoms with Crippen LogP contribution in [-0.2, 0) is 0 Å². The second-order valence-corrected chi connectivity index (χ2v) is 4.55. The molecule has 0 fully saturated rings. The first-order chi connectivity index (χ1) is 10.3. The van der Waals surface area contributed by atoms with Crippen molar-refractivity contribution in [3.05, 3.63) is 66.5 Å². The van der Waals surface area contributed by atoms with Crippen LogP contribution < -0.4 is 16.6 Å². The van der Waals surface area contributed by atoms with Gasteiger partial charge in [0.15, 0.2) is 0 Å². The number of hydrogen-bond donors (Lipinski definition) is 3. The highest BCUT2D eigenvalue weighted by Crippen LogP contribution is 2.23. The van der Waals surface area contributed by atoms with Crippen LogP contribution in [0.3, 0.4) is 0 Å². The zero-order chi connectivity index (χ0) is 14.7. The lowest BCUT2D eigenvalue weighted by atomic mass is 10.1. The number of fused-ring (bicyclic) bond motifs is 1. The van der Waals surface area contributed by atoms with Gasteiger partial charge < -0.3 is 10.7 Å². The van der Waals surface area contributed by atoms with Crippen molar-refractivity contribution in [2.24, 2.45) is 5.84 Å². The molecule has 104 valence electrons. The summed E-state index contributed by atoms with van der Waals surface area (Å²) in [5.41, 5.74) is 4.31. The zero-order valence-corrected chi connectivity index (χ0v) is 11.2. The standard InChI is InChI=1S/C16H14N4O/c17-20-15-6-2-1-5-12(15)16(21)19-14-7-3-4-11-8-9-18-10-13(11)14/h1-10,20H,17H2,(H,19,21). The first-order valence-corrected chi connectivity index (χ1v) is 6.49. The Morgan fingerprint density at radius 3 is 2.67 bits per heavy atom. The average molecular weight is 278 g/mol. The predicted octanol–water partition coefficient (Wildman–Crippen LogP) is 2.77. The van der Waals surface area contributed by atoms with Crippen LogP contribution in [-0.4, -0.2) is 10.9 Å². The van der Waals surface area contributed by atoms with Crippen molar-refractivity contribution in [1.29, 1.82) is 0 Å². The van der Waals surface area contributed by atoms with Crippen LogP contribution in [0.25, 0.3) is 10.8 Å². The molecule has 0 radical (unpaired) electrons. The van der Waals surface area contributed by atoms with Gasteiger partial charge in [0, 0.05) is 17.8 Å². The third kappa shape index (κ3) is 2.54.